The van der Waals surface area contributed by atoms with Crippen LogP contribution in [0.5, 0.6) is 11.5 Å². The lowest BCUT2D eigenvalue weighted by Gasteiger charge is -2.13. The van der Waals surface area contributed by atoms with E-state index in [1.54, 1.807) is 43.3 Å². The molecule has 2 rings (SSSR count). The molecule has 128 valence electrons. The Morgan fingerprint density at radius 2 is 1.62 bits per heavy atom. The number of sulfonamides is 1. The first-order valence-corrected chi connectivity index (χ1v) is 8.96. The normalized spacial score (nSPS) is 11.5. The highest BCUT2D eigenvalue weighted by Gasteiger charge is 2.12. The molecule has 0 saturated heterocycles. The van der Waals surface area contributed by atoms with Gasteiger partial charge in [0.2, 0.25) is 0 Å². The predicted molar refractivity (Wildman–Crippen MR) is 97.3 cm³/mol. The molecule has 0 aliphatic heterocycles. The first-order chi connectivity index (χ1) is 11.3. The van der Waals surface area contributed by atoms with Crippen molar-refractivity contribution in [2.75, 3.05) is 18.9 Å². The van der Waals surface area contributed by atoms with Crippen molar-refractivity contribution in [3.05, 3.63) is 58.0 Å². The van der Waals surface area contributed by atoms with E-state index in [1.165, 1.54) is 20.3 Å². The van der Waals surface area contributed by atoms with Crippen LogP contribution in [0.1, 0.15) is 11.1 Å². The van der Waals surface area contributed by atoms with Gasteiger partial charge in [-0.05, 0) is 42.3 Å². The van der Waals surface area contributed by atoms with Gasteiger partial charge in [-0.2, -0.15) is 0 Å². The third-order valence-corrected chi connectivity index (χ3v) is 4.54. The number of ether oxygens (including phenoxy) is 2. The van der Waals surface area contributed by atoms with Gasteiger partial charge in [0.25, 0.3) is 10.0 Å². The Balaban J connectivity index is 2.24. The summed E-state index contributed by atoms with van der Waals surface area (Å²) >= 11 is 5.80. The SMILES string of the molecule is COc1cc(C)c(NS(=O)(=O)/C=C/c2ccc(Cl)cc2)cc1OC. The molecular formula is C17H18ClNO4S. The van der Waals surface area contributed by atoms with Crippen molar-refractivity contribution in [2.45, 2.75) is 6.92 Å². The van der Waals surface area contributed by atoms with Gasteiger partial charge in [0.05, 0.1) is 25.3 Å². The second kappa shape index (κ2) is 7.59. The number of nitrogens with one attached hydrogen (secondary N) is 1. The van der Waals surface area contributed by atoms with E-state index in [-0.39, 0.29) is 0 Å². The standard InChI is InChI=1S/C17H18ClNO4S/c1-12-10-16(22-2)17(23-3)11-15(12)19-24(20,21)9-8-13-4-6-14(18)7-5-13/h4-11,19H,1-3H3/b9-8+. The molecule has 0 heterocycles. The Kier molecular flexibility index (Phi) is 5.75. The minimum absolute atomic E-state index is 0.424. The average molecular weight is 368 g/mol. The van der Waals surface area contributed by atoms with Crippen LogP contribution in [-0.4, -0.2) is 22.6 Å². The molecule has 2 aromatic carbocycles. The molecule has 0 saturated carbocycles. The molecule has 0 fully saturated rings. The van der Waals surface area contributed by atoms with Crippen LogP contribution < -0.4 is 14.2 Å². The molecule has 0 aromatic heterocycles. The van der Waals surface area contributed by atoms with Crippen LogP contribution in [0.25, 0.3) is 6.08 Å². The third-order valence-electron chi connectivity index (χ3n) is 3.29. The lowest BCUT2D eigenvalue weighted by Crippen LogP contribution is -2.10. The fourth-order valence-electron chi connectivity index (χ4n) is 2.02. The Bertz CT molecular complexity index is 846. The Labute approximate surface area is 146 Å². The van der Waals surface area contributed by atoms with E-state index in [0.717, 1.165) is 16.5 Å². The summed E-state index contributed by atoms with van der Waals surface area (Å²) in [6, 6.07) is 10.1. The van der Waals surface area contributed by atoms with E-state index in [4.69, 9.17) is 21.1 Å². The average Bonchev–Trinajstić information content (AvgIpc) is 2.55. The molecule has 0 aliphatic rings. The van der Waals surface area contributed by atoms with Crippen LogP contribution >= 0.6 is 11.6 Å². The van der Waals surface area contributed by atoms with Gasteiger partial charge in [0.15, 0.2) is 11.5 Å². The van der Waals surface area contributed by atoms with Crippen molar-refractivity contribution in [1.82, 2.24) is 0 Å². The van der Waals surface area contributed by atoms with Crippen LogP contribution in [0.2, 0.25) is 5.02 Å². The number of aryl methyl sites for hydroxylation is 1. The molecule has 0 spiro atoms. The number of methoxy groups -OCH3 is 2. The lowest BCUT2D eigenvalue weighted by molar-refractivity contribution is 0.355. The molecule has 0 amide bonds. The van der Waals surface area contributed by atoms with Crippen molar-refractivity contribution in [1.29, 1.82) is 0 Å². The maximum Gasteiger partial charge on any atom is 0.255 e. The molecule has 2 aromatic rings. The number of rotatable bonds is 6. The van der Waals surface area contributed by atoms with E-state index in [2.05, 4.69) is 4.72 Å². The molecule has 0 aliphatic carbocycles. The zero-order valence-electron chi connectivity index (χ0n) is 13.5. The van der Waals surface area contributed by atoms with E-state index in [9.17, 15) is 8.42 Å². The minimum Gasteiger partial charge on any atom is -0.493 e. The molecule has 0 radical (unpaired) electrons. The third kappa shape index (κ3) is 4.66. The summed E-state index contributed by atoms with van der Waals surface area (Å²) in [5.74, 6) is 0.983. The van der Waals surface area contributed by atoms with Crippen LogP contribution in [0, 0.1) is 6.92 Å². The van der Waals surface area contributed by atoms with Crippen molar-refractivity contribution in [3.63, 3.8) is 0 Å². The van der Waals surface area contributed by atoms with Gasteiger partial charge in [-0.1, -0.05) is 23.7 Å². The first-order valence-electron chi connectivity index (χ1n) is 7.03. The number of halogens is 1. The summed E-state index contributed by atoms with van der Waals surface area (Å²) in [4.78, 5) is 0. The van der Waals surface area contributed by atoms with E-state index >= 15 is 0 Å². The van der Waals surface area contributed by atoms with Crippen LogP contribution in [0.3, 0.4) is 0 Å². The van der Waals surface area contributed by atoms with Crippen molar-refractivity contribution in [2.24, 2.45) is 0 Å². The Morgan fingerprint density at radius 1 is 1.04 bits per heavy atom. The Morgan fingerprint density at radius 3 is 2.21 bits per heavy atom. The molecular weight excluding hydrogens is 350 g/mol. The molecule has 7 heteroatoms. The zero-order chi connectivity index (χ0) is 17.7. The maximum atomic E-state index is 12.3. The molecule has 0 bridgehead atoms. The summed E-state index contributed by atoms with van der Waals surface area (Å²) in [5.41, 5.74) is 1.87. The fourth-order valence-corrected chi connectivity index (χ4v) is 3.08. The molecule has 24 heavy (non-hydrogen) atoms. The summed E-state index contributed by atoms with van der Waals surface area (Å²) in [7, 11) is -0.654. The summed E-state index contributed by atoms with van der Waals surface area (Å²) in [6.45, 7) is 1.78. The quantitative estimate of drug-likeness (QED) is 0.835. The highest BCUT2D eigenvalue weighted by Crippen LogP contribution is 2.33. The number of hydrogen-bond acceptors (Lipinski definition) is 4. The van der Waals surface area contributed by atoms with E-state index < -0.39 is 10.0 Å². The summed E-state index contributed by atoms with van der Waals surface area (Å²) in [5, 5.41) is 1.70. The van der Waals surface area contributed by atoms with Gasteiger partial charge in [-0.25, -0.2) is 8.42 Å². The second-order valence-electron chi connectivity index (χ2n) is 5.02. The second-order valence-corrected chi connectivity index (χ2v) is 7.03. The summed E-state index contributed by atoms with van der Waals surface area (Å²) in [6.07, 6.45) is 1.49. The van der Waals surface area contributed by atoms with Gasteiger partial charge < -0.3 is 9.47 Å². The molecule has 1 N–H and O–H groups in total. The number of hydrogen-bond donors (Lipinski definition) is 1. The van der Waals surface area contributed by atoms with Gasteiger partial charge in [0, 0.05) is 11.1 Å². The zero-order valence-corrected chi connectivity index (χ0v) is 15.1. The fraction of sp³-hybridized carbons (Fsp3) is 0.176. The lowest BCUT2D eigenvalue weighted by atomic mass is 10.2. The monoisotopic (exact) mass is 367 g/mol. The molecule has 0 unspecified atom stereocenters. The maximum absolute atomic E-state index is 12.3. The smallest absolute Gasteiger partial charge is 0.255 e. The van der Waals surface area contributed by atoms with Crippen LogP contribution in [0.4, 0.5) is 5.69 Å². The topological polar surface area (TPSA) is 64.6 Å². The van der Waals surface area contributed by atoms with Crippen molar-refractivity contribution < 1.29 is 17.9 Å². The van der Waals surface area contributed by atoms with Gasteiger partial charge in [-0.15, -0.1) is 0 Å². The molecule has 0 atom stereocenters. The molecule has 5 nitrogen and oxygen atoms in total. The largest absolute Gasteiger partial charge is 0.493 e. The van der Waals surface area contributed by atoms with Crippen LogP contribution in [0.15, 0.2) is 41.8 Å². The van der Waals surface area contributed by atoms with Crippen LogP contribution in [-0.2, 0) is 10.0 Å². The van der Waals surface area contributed by atoms with Crippen molar-refractivity contribution in [3.8, 4) is 11.5 Å². The van der Waals surface area contributed by atoms with Gasteiger partial charge in [0.1, 0.15) is 0 Å². The van der Waals surface area contributed by atoms with Gasteiger partial charge in [-0.3, -0.25) is 4.72 Å². The Hall–Kier alpha value is -2.18. The highest BCUT2D eigenvalue weighted by atomic mass is 35.5. The van der Waals surface area contributed by atoms with E-state index in [0.29, 0.717) is 22.2 Å². The minimum atomic E-state index is -3.67. The number of anilines is 1. The number of benzene rings is 2. The highest BCUT2D eigenvalue weighted by molar-refractivity contribution is 7.95. The predicted octanol–water partition coefficient (Wildman–Crippen LogP) is 4.08. The van der Waals surface area contributed by atoms with Gasteiger partial charge >= 0.3 is 0 Å². The first kappa shape index (κ1) is 18.2. The summed E-state index contributed by atoms with van der Waals surface area (Å²) < 4.78 is 37.4. The van der Waals surface area contributed by atoms with E-state index in [1.807, 2.05) is 0 Å². The van der Waals surface area contributed by atoms with Crippen molar-refractivity contribution >= 4 is 33.4 Å².